The van der Waals surface area contributed by atoms with Crippen molar-refractivity contribution in [1.82, 2.24) is 25.5 Å². The van der Waals surface area contributed by atoms with E-state index in [0.717, 1.165) is 11.1 Å². The molecule has 0 radical (unpaired) electrons. The van der Waals surface area contributed by atoms with Crippen molar-refractivity contribution in [1.29, 1.82) is 0 Å². The highest BCUT2D eigenvalue weighted by atomic mass is 32.2. The molecule has 9 nitrogen and oxygen atoms in total. The summed E-state index contributed by atoms with van der Waals surface area (Å²) in [5, 5.41) is 0. The van der Waals surface area contributed by atoms with Gasteiger partial charge in [-0.15, -0.1) is 0 Å². The van der Waals surface area contributed by atoms with Crippen LogP contribution in [0.1, 0.15) is 28.0 Å². The molecule has 1 heterocycles. The molecule has 0 aliphatic heterocycles. The lowest BCUT2D eigenvalue weighted by atomic mass is 10.1. The number of aryl methyl sites for hydroxylation is 2. The van der Waals surface area contributed by atoms with Crippen LogP contribution in [0.3, 0.4) is 0 Å². The van der Waals surface area contributed by atoms with Gasteiger partial charge in [-0.1, -0.05) is 6.07 Å². The fraction of sp³-hybridized carbons (Fsp3) is 0.250. The smallest absolute Gasteiger partial charge is 0.273 e. The van der Waals surface area contributed by atoms with Crippen molar-refractivity contribution in [2.24, 2.45) is 0 Å². The van der Waals surface area contributed by atoms with Crippen molar-refractivity contribution in [3.8, 4) is 0 Å². The quantitative estimate of drug-likeness (QED) is 0.618. The molecule has 26 heavy (non-hydrogen) atoms. The number of hydrazine groups is 1. The minimum Gasteiger partial charge on any atom is -0.273 e. The first-order chi connectivity index (χ1) is 12.3. The zero-order valence-corrected chi connectivity index (χ0v) is 15.1. The highest BCUT2D eigenvalue weighted by Gasteiger charge is 2.15. The largest absolute Gasteiger partial charge is 0.289 e. The van der Waals surface area contributed by atoms with Crippen LogP contribution < -0.4 is 15.6 Å². The third-order valence-corrected chi connectivity index (χ3v) is 5.00. The van der Waals surface area contributed by atoms with E-state index in [9.17, 15) is 18.0 Å². The number of aromatic nitrogens is 2. The summed E-state index contributed by atoms with van der Waals surface area (Å²) in [5.41, 5.74) is 6.25. The van der Waals surface area contributed by atoms with Crippen molar-refractivity contribution in [2.45, 2.75) is 25.2 Å². The molecular weight excluding hydrogens is 358 g/mol. The third-order valence-electron chi connectivity index (χ3n) is 3.54. The Morgan fingerprint density at radius 3 is 2.50 bits per heavy atom. The minimum atomic E-state index is -3.71. The predicted octanol–water partition coefficient (Wildman–Crippen LogP) is 0.223. The molecule has 0 saturated carbocycles. The number of benzene rings is 1. The number of sulfonamides is 1. The molecule has 2 rings (SSSR count). The number of nitrogens with zero attached hydrogens (tertiary/aromatic N) is 2. The summed E-state index contributed by atoms with van der Waals surface area (Å²) < 4.78 is 26.7. The molecule has 0 atom stereocenters. The van der Waals surface area contributed by atoms with Gasteiger partial charge >= 0.3 is 0 Å². The molecule has 2 aromatic rings. The Bertz CT molecular complexity index is 900. The van der Waals surface area contributed by atoms with Crippen LogP contribution >= 0.6 is 0 Å². The Hall–Kier alpha value is -2.85. The first kappa shape index (κ1) is 19.5. The maximum absolute atomic E-state index is 12.2. The lowest BCUT2D eigenvalue weighted by molar-refractivity contribution is -0.121. The van der Waals surface area contributed by atoms with E-state index < -0.39 is 21.8 Å². The van der Waals surface area contributed by atoms with Crippen LogP contribution in [0.2, 0.25) is 0 Å². The Morgan fingerprint density at radius 1 is 1.08 bits per heavy atom. The topological polar surface area (TPSA) is 130 Å². The monoisotopic (exact) mass is 377 g/mol. The second-order valence-electron chi connectivity index (χ2n) is 5.49. The number of amides is 2. The Balaban J connectivity index is 1.80. The van der Waals surface area contributed by atoms with Gasteiger partial charge < -0.3 is 0 Å². The van der Waals surface area contributed by atoms with Crippen LogP contribution in [0, 0.1) is 13.8 Å². The molecule has 1 aromatic heterocycles. The number of carbonyl (C=O) groups excluding carboxylic acids is 2. The Kier molecular flexibility index (Phi) is 6.36. The SMILES string of the molecule is Cc1ccc(S(=O)(=O)NCCC(=O)NNC(=O)c2cnccn2)cc1C. The van der Waals surface area contributed by atoms with E-state index in [1.807, 2.05) is 13.8 Å². The molecule has 138 valence electrons. The van der Waals surface area contributed by atoms with Gasteiger partial charge in [0.1, 0.15) is 5.69 Å². The van der Waals surface area contributed by atoms with Crippen molar-refractivity contribution in [2.75, 3.05) is 6.54 Å². The van der Waals surface area contributed by atoms with E-state index >= 15 is 0 Å². The highest BCUT2D eigenvalue weighted by Crippen LogP contribution is 2.14. The number of hydrogen-bond acceptors (Lipinski definition) is 6. The maximum atomic E-state index is 12.2. The van der Waals surface area contributed by atoms with Gasteiger partial charge in [0.2, 0.25) is 15.9 Å². The fourth-order valence-electron chi connectivity index (χ4n) is 1.93. The van der Waals surface area contributed by atoms with Crippen LogP contribution in [0.15, 0.2) is 41.7 Å². The summed E-state index contributed by atoms with van der Waals surface area (Å²) in [6, 6.07) is 4.79. The third kappa shape index (κ3) is 5.33. The van der Waals surface area contributed by atoms with Crippen molar-refractivity contribution in [3.05, 3.63) is 53.6 Å². The summed E-state index contributed by atoms with van der Waals surface area (Å²) in [6.07, 6.45) is 3.86. The first-order valence-corrected chi connectivity index (χ1v) is 9.20. The van der Waals surface area contributed by atoms with E-state index in [1.165, 1.54) is 24.7 Å². The minimum absolute atomic E-state index is 0.0447. The number of carbonyl (C=O) groups is 2. The van der Waals surface area contributed by atoms with Crippen molar-refractivity contribution in [3.63, 3.8) is 0 Å². The molecule has 0 spiro atoms. The molecular formula is C16H19N5O4S. The van der Waals surface area contributed by atoms with Gasteiger partial charge in [-0.25, -0.2) is 18.1 Å². The molecule has 1 aromatic carbocycles. The van der Waals surface area contributed by atoms with E-state index in [0.29, 0.717) is 0 Å². The molecule has 0 saturated heterocycles. The van der Waals surface area contributed by atoms with Gasteiger partial charge in [0.15, 0.2) is 0 Å². The predicted molar refractivity (Wildman–Crippen MR) is 93.4 cm³/mol. The van der Waals surface area contributed by atoms with Crippen LogP contribution in [0.25, 0.3) is 0 Å². The molecule has 0 aliphatic rings. The second kappa shape index (κ2) is 8.50. The average Bonchev–Trinajstić information content (AvgIpc) is 2.62. The van der Waals surface area contributed by atoms with Crippen LogP contribution in [0.4, 0.5) is 0 Å². The van der Waals surface area contributed by atoms with Gasteiger partial charge in [-0.2, -0.15) is 0 Å². The number of nitrogens with one attached hydrogen (secondary N) is 3. The maximum Gasteiger partial charge on any atom is 0.289 e. The summed E-state index contributed by atoms with van der Waals surface area (Å²) in [5.74, 6) is -1.17. The Morgan fingerprint density at radius 2 is 1.85 bits per heavy atom. The standard InChI is InChI=1S/C16H19N5O4S/c1-11-3-4-13(9-12(11)2)26(24,25)19-6-5-15(22)20-21-16(23)14-10-17-7-8-18-14/h3-4,7-10,19H,5-6H2,1-2H3,(H,20,22)(H,21,23). The second-order valence-corrected chi connectivity index (χ2v) is 7.25. The van der Waals surface area contributed by atoms with Crippen molar-refractivity contribution >= 4 is 21.8 Å². The van der Waals surface area contributed by atoms with Gasteiger partial charge in [-0.3, -0.25) is 25.4 Å². The van der Waals surface area contributed by atoms with Crippen LogP contribution in [-0.4, -0.2) is 36.7 Å². The summed E-state index contributed by atoms with van der Waals surface area (Å²) in [6.45, 7) is 3.60. The highest BCUT2D eigenvalue weighted by molar-refractivity contribution is 7.89. The number of hydrogen-bond donors (Lipinski definition) is 3. The van der Waals surface area contributed by atoms with Gasteiger partial charge in [0.05, 0.1) is 11.1 Å². The van der Waals surface area contributed by atoms with Crippen molar-refractivity contribution < 1.29 is 18.0 Å². The van der Waals surface area contributed by atoms with E-state index in [4.69, 9.17) is 0 Å². The van der Waals surface area contributed by atoms with Gasteiger partial charge in [0.25, 0.3) is 5.91 Å². The molecule has 3 N–H and O–H groups in total. The number of rotatable bonds is 6. The zero-order valence-electron chi connectivity index (χ0n) is 14.3. The van der Waals surface area contributed by atoms with E-state index in [2.05, 4.69) is 25.5 Å². The fourth-order valence-corrected chi connectivity index (χ4v) is 3.05. The molecule has 10 heteroatoms. The van der Waals surface area contributed by atoms with E-state index in [-0.39, 0.29) is 23.6 Å². The Labute approximate surface area is 151 Å². The molecule has 0 unspecified atom stereocenters. The summed E-state index contributed by atoms with van der Waals surface area (Å²) in [7, 11) is -3.71. The molecule has 0 aliphatic carbocycles. The average molecular weight is 377 g/mol. The van der Waals surface area contributed by atoms with Gasteiger partial charge in [0, 0.05) is 25.4 Å². The van der Waals surface area contributed by atoms with E-state index in [1.54, 1.807) is 12.1 Å². The van der Waals surface area contributed by atoms with Crippen LogP contribution in [-0.2, 0) is 14.8 Å². The summed E-state index contributed by atoms with van der Waals surface area (Å²) >= 11 is 0. The zero-order chi connectivity index (χ0) is 19.2. The summed E-state index contributed by atoms with van der Waals surface area (Å²) in [4.78, 5) is 31.0. The first-order valence-electron chi connectivity index (χ1n) is 7.72. The lowest BCUT2D eigenvalue weighted by Gasteiger charge is -2.09. The molecule has 0 bridgehead atoms. The van der Waals surface area contributed by atoms with Gasteiger partial charge in [-0.05, 0) is 37.1 Å². The normalized spacial score (nSPS) is 11.0. The van der Waals surface area contributed by atoms with Crippen LogP contribution in [0.5, 0.6) is 0 Å². The molecule has 2 amide bonds. The molecule has 0 fully saturated rings. The lowest BCUT2D eigenvalue weighted by Crippen LogP contribution is -2.43.